The van der Waals surface area contributed by atoms with E-state index in [1.165, 1.54) is 0 Å². The molecule has 2 atom stereocenters. The molecule has 214 valence electrons. The van der Waals surface area contributed by atoms with Crippen molar-refractivity contribution in [1.29, 1.82) is 0 Å². The van der Waals surface area contributed by atoms with Crippen molar-refractivity contribution >= 4 is 28.5 Å². The third-order valence-electron chi connectivity index (χ3n) is 8.62. The van der Waals surface area contributed by atoms with E-state index in [4.69, 9.17) is 16.3 Å². The Labute approximate surface area is 243 Å². The number of hydrogen-bond acceptors (Lipinski definition) is 6. The van der Waals surface area contributed by atoms with Crippen molar-refractivity contribution < 1.29 is 14.6 Å². The number of nitrogens with one attached hydrogen (secondary N) is 1. The van der Waals surface area contributed by atoms with E-state index < -0.39 is 5.60 Å². The second-order valence-electron chi connectivity index (χ2n) is 11.0. The second-order valence-corrected chi connectivity index (χ2v) is 11.4. The number of piperidine rings is 2. The molecule has 4 aromatic rings. The monoisotopic (exact) mass is 575 g/mol. The number of fused-ring (bicyclic) bond motifs is 1. The maximum Gasteiger partial charge on any atom is 0.262 e. The highest BCUT2D eigenvalue weighted by molar-refractivity contribution is 6.32. The number of ether oxygens (including phenoxy) is 1. The van der Waals surface area contributed by atoms with E-state index in [1.807, 2.05) is 58.1 Å². The van der Waals surface area contributed by atoms with Gasteiger partial charge in [0.1, 0.15) is 5.75 Å². The summed E-state index contributed by atoms with van der Waals surface area (Å²) in [5, 5.41) is 16.1. The molecule has 10 heteroatoms. The Kier molecular flexibility index (Phi) is 7.59. The molecule has 6 rings (SSSR count). The van der Waals surface area contributed by atoms with Crippen molar-refractivity contribution in [2.75, 3.05) is 33.3 Å². The van der Waals surface area contributed by atoms with Crippen LogP contribution in [-0.2, 0) is 11.3 Å². The zero-order valence-electron chi connectivity index (χ0n) is 23.0. The van der Waals surface area contributed by atoms with Crippen LogP contribution in [0, 0.1) is 5.92 Å². The van der Waals surface area contributed by atoms with E-state index in [2.05, 4.69) is 10.3 Å². The van der Waals surface area contributed by atoms with Crippen LogP contribution in [0.2, 0.25) is 5.02 Å². The Balaban J connectivity index is 1.14. The van der Waals surface area contributed by atoms with Gasteiger partial charge in [0, 0.05) is 44.4 Å². The molecule has 2 aliphatic rings. The van der Waals surface area contributed by atoms with E-state index in [0.29, 0.717) is 61.0 Å². The molecule has 0 spiro atoms. The Morgan fingerprint density at radius 3 is 2.71 bits per heavy atom. The summed E-state index contributed by atoms with van der Waals surface area (Å²) in [5.74, 6) is 0.297. The van der Waals surface area contributed by atoms with Crippen LogP contribution in [0.25, 0.3) is 16.7 Å². The molecule has 1 amide bonds. The Hall–Kier alpha value is -3.66. The third kappa shape index (κ3) is 5.14. The number of likely N-dealkylation sites (tertiary alicyclic amines) is 1. The SMILES string of the molecule is COc1cc(-n2ccc3c(=O)n(CC4CCN(C(=O)[C@@]5(O)CCNC[C@H]5c5ccccc5)CC4)cnc32)ccc1Cl. The molecule has 9 nitrogen and oxygen atoms in total. The van der Waals surface area contributed by atoms with Crippen molar-refractivity contribution in [2.45, 2.75) is 37.3 Å². The molecule has 2 aliphatic heterocycles. The maximum atomic E-state index is 13.7. The highest BCUT2D eigenvalue weighted by Crippen LogP contribution is 2.36. The summed E-state index contributed by atoms with van der Waals surface area (Å²) in [5.41, 5.74) is 0.818. The first-order chi connectivity index (χ1) is 19.9. The van der Waals surface area contributed by atoms with Crippen LogP contribution in [0.4, 0.5) is 0 Å². The predicted octanol–water partition coefficient (Wildman–Crippen LogP) is 3.60. The highest BCUT2D eigenvalue weighted by atomic mass is 35.5. The van der Waals surface area contributed by atoms with Crippen LogP contribution < -0.4 is 15.6 Å². The van der Waals surface area contributed by atoms with Crippen LogP contribution in [0.1, 0.15) is 30.7 Å². The van der Waals surface area contributed by atoms with Gasteiger partial charge in [-0.2, -0.15) is 0 Å². The number of benzene rings is 2. The summed E-state index contributed by atoms with van der Waals surface area (Å²) in [6, 6.07) is 17.0. The number of amides is 1. The summed E-state index contributed by atoms with van der Waals surface area (Å²) in [6.45, 7) is 2.81. The normalized spacial score (nSPS) is 21.7. The topological polar surface area (TPSA) is 102 Å². The fraction of sp³-hybridized carbons (Fsp3) is 0.387. The van der Waals surface area contributed by atoms with E-state index in [9.17, 15) is 14.7 Å². The van der Waals surface area contributed by atoms with Gasteiger partial charge in [-0.25, -0.2) is 4.98 Å². The summed E-state index contributed by atoms with van der Waals surface area (Å²) < 4.78 is 8.85. The number of aliphatic hydroxyl groups is 1. The Bertz CT molecular complexity index is 1610. The molecule has 2 aromatic carbocycles. The van der Waals surface area contributed by atoms with Gasteiger partial charge < -0.3 is 24.6 Å². The van der Waals surface area contributed by atoms with Gasteiger partial charge in [-0.3, -0.25) is 14.2 Å². The Morgan fingerprint density at radius 1 is 1.17 bits per heavy atom. The standard InChI is InChI=1S/C31H34ClN5O4/c1-41-27-17-23(7-8-26(27)32)37-16-11-24-28(37)34-20-36(29(24)38)19-21-9-14-35(15-10-21)30(39)31(40)12-13-33-18-25(31)22-5-3-2-4-6-22/h2-8,11,16-17,20-21,25,33,40H,9-10,12-15,18-19H2,1H3/t25-,31+/m0/s1. The van der Waals surface area contributed by atoms with Crippen LogP contribution in [0.15, 0.2) is 71.9 Å². The number of carbonyl (C=O) groups is 1. The van der Waals surface area contributed by atoms with Crippen molar-refractivity contribution in [3.8, 4) is 11.4 Å². The first-order valence-electron chi connectivity index (χ1n) is 14.1. The van der Waals surface area contributed by atoms with Crippen molar-refractivity contribution in [3.05, 3.63) is 88.1 Å². The molecule has 0 aliphatic carbocycles. The lowest BCUT2D eigenvalue weighted by atomic mass is 9.76. The van der Waals surface area contributed by atoms with Crippen molar-refractivity contribution in [3.63, 3.8) is 0 Å². The zero-order valence-corrected chi connectivity index (χ0v) is 23.8. The van der Waals surface area contributed by atoms with E-state index >= 15 is 0 Å². The minimum absolute atomic E-state index is 0.0945. The molecule has 2 saturated heterocycles. The van der Waals surface area contributed by atoms with Gasteiger partial charge in [-0.1, -0.05) is 41.9 Å². The van der Waals surface area contributed by atoms with Gasteiger partial charge in [-0.15, -0.1) is 0 Å². The first-order valence-corrected chi connectivity index (χ1v) is 14.4. The fourth-order valence-electron chi connectivity index (χ4n) is 6.26. The maximum absolute atomic E-state index is 13.7. The number of rotatable bonds is 6. The summed E-state index contributed by atoms with van der Waals surface area (Å²) in [7, 11) is 1.56. The smallest absolute Gasteiger partial charge is 0.262 e. The number of nitrogens with zero attached hydrogens (tertiary/aromatic N) is 4. The van der Waals surface area contributed by atoms with Gasteiger partial charge in [0.25, 0.3) is 11.5 Å². The highest BCUT2D eigenvalue weighted by Gasteiger charge is 2.48. The summed E-state index contributed by atoms with van der Waals surface area (Å²) in [4.78, 5) is 33.5. The molecule has 2 aromatic heterocycles. The van der Waals surface area contributed by atoms with E-state index in [-0.39, 0.29) is 23.3 Å². The number of halogens is 1. The summed E-state index contributed by atoms with van der Waals surface area (Å²) in [6.07, 6.45) is 5.32. The molecule has 0 bridgehead atoms. The molecular formula is C31H34ClN5O4. The molecule has 0 unspecified atom stereocenters. The minimum atomic E-state index is -1.42. The lowest BCUT2D eigenvalue weighted by Crippen LogP contribution is -2.59. The van der Waals surface area contributed by atoms with Crippen molar-refractivity contribution in [2.24, 2.45) is 5.92 Å². The van der Waals surface area contributed by atoms with Crippen LogP contribution in [-0.4, -0.2) is 68.9 Å². The van der Waals surface area contributed by atoms with E-state index in [1.54, 1.807) is 30.1 Å². The molecule has 4 heterocycles. The molecule has 2 N–H and O–H groups in total. The van der Waals surface area contributed by atoms with Gasteiger partial charge in [0.05, 0.1) is 29.5 Å². The molecule has 0 radical (unpaired) electrons. The minimum Gasteiger partial charge on any atom is -0.495 e. The van der Waals surface area contributed by atoms with Crippen LogP contribution in [0.5, 0.6) is 5.75 Å². The third-order valence-corrected chi connectivity index (χ3v) is 8.93. The summed E-state index contributed by atoms with van der Waals surface area (Å²) >= 11 is 6.18. The van der Waals surface area contributed by atoms with E-state index in [0.717, 1.165) is 24.1 Å². The fourth-order valence-corrected chi connectivity index (χ4v) is 6.46. The molecule has 2 fully saturated rings. The average Bonchev–Trinajstić information content (AvgIpc) is 3.44. The quantitative estimate of drug-likeness (QED) is 0.364. The van der Waals surface area contributed by atoms with Gasteiger partial charge in [-0.05, 0) is 55.5 Å². The molecule has 0 saturated carbocycles. The van der Waals surface area contributed by atoms with Gasteiger partial charge in [0.15, 0.2) is 11.2 Å². The van der Waals surface area contributed by atoms with Crippen LogP contribution >= 0.6 is 11.6 Å². The average molecular weight is 576 g/mol. The zero-order chi connectivity index (χ0) is 28.6. The largest absolute Gasteiger partial charge is 0.495 e. The lowest BCUT2D eigenvalue weighted by molar-refractivity contribution is -0.158. The number of hydrogen-bond donors (Lipinski definition) is 2. The molecular weight excluding hydrogens is 542 g/mol. The second kappa shape index (κ2) is 11.3. The lowest BCUT2D eigenvalue weighted by Gasteiger charge is -2.43. The van der Waals surface area contributed by atoms with Gasteiger partial charge >= 0.3 is 0 Å². The van der Waals surface area contributed by atoms with Crippen molar-refractivity contribution in [1.82, 2.24) is 24.3 Å². The number of aromatic nitrogens is 3. The van der Waals surface area contributed by atoms with Gasteiger partial charge in [0.2, 0.25) is 0 Å². The Morgan fingerprint density at radius 2 is 1.95 bits per heavy atom. The van der Waals surface area contributed by atoms with Crippen LogP contribution in [0.3, 0.4) is 0 Å². The molecule has 41 heavy (non-hydrogen) atoms. The first kappa shape index (κ1) is 27.5. The predicted molar refractivity (Wildman–Crippen MR) is 158 cm³/mol. The number of carbonyl (C=O) groups excluding carboxylic acids is 1. The number of methoxy groups -OCH3 is 1.